The van der Waals surface area contributed by atoms with E-state index < -0.39 is 11.5 Å². The first-order valence-corrected chi connectivity index (χ1v) is 8.81. The number of hydrogen-bond acceptors (Lipinski definition) is 6. The summed E-state index contributed by atoms with van der Waals surface area (Å²) in [4.78, 5) is 24.6. The molecule has 8 nitrogen and oxygen atoms in total. The van der Waals surface area contributed by atoms with Crippen LogP contribution in [0.25, 0.3) is 0 Å². The molecular weight excluding hydrogens is 346 g/mol. The highest BCUT2D eigenvalue weighted by atomic mass is 16.4. The summed E-state index contributed by atoms with van der Waals surface area (Å²) in [6, 6.07) is 11.7. The van der Waals surface area contributed by atoms with Crippen LogP contribution in [0.15, 0.2) is 45.6 Å². The van der Waals surface area contributed by atoms with Gasteiger partial charge in [-0.1, -0.05) is 35.5 Å². The van der Waals surface area contributed by atoms with Crippen molar-refractivity contribution in [3.05, 3.63) is 75.1 Å². The highest BCUT2D eigenvalue weighted by Crippen LogP contribution is 2.10. The smallest absolute Gasteiger partial charge is 0.349 e. The van der Waals surface area contributed by atoms with Gasteiger partial charge in [-0.3, -0.25) is 4.79 Å². The summed E-state index contributed by atoms with van der Waals surface area (Å²) in [6.07, 6.45) is 2.60. The van der Waals surface area contributed by atoms with E-state index in [4.69, 9.17) is 4.42 Å². The van der Waals surface area contributed by atoms with Gasteiger partial charge < -0.3 is 9.73 Å². The Hall–Kier alpha value is -3.29. The van der Waals surface area contributed by atoms with Crippen molar-refractivity contribution < 1.29 is 9.21 Å². The molecule has 0 radical (unpaired) electrons. The van der Waals surface area contributed by atoms with Gasteiger partial charge in [-0.25, -0.2) is 4.79 Å². The molecule has 0 saturated heterocycles. The molecule has 0 aliphatic heterocycles. The van der Waals surface area contributed by atoms with E-state index in [-0.39, 0.29) is 5.56 Å². The van der Waals surface area contributed by atoms with Crippen molar-refractivity contribution in [1.29, 1.82) is 0 Å². The van der Waals surface area contributed by atoms with Crippen molar-refractivity contribution in [2.24, 2.45) is 0 Å². The van der Waals surface area contributed by atoms with Gasteiger partial charge in [-0.05, 0) is 37.0 Å². The van der Waals surface area contributed by atoms with Crippen molar-refractivity contribution >= 4 is 5.91 Å². The van der Waals surface area contributed by atoms with E-state index in [9.17, 15) is 9.59 Å². The minimum Gasteiger partial charge on any atom is -0.427 e. The third-order valence-corrected chi connectivity index (χ3v) is 4.18. The molecule has 3 aromatic rings. The van der Waals surface area contributed by atoms with Gasteiger partial charge in [0.15, 0.2) is 5.82 Å². The number of amides is 1. The molecule has 140 valence electrons. The van der Waals surface area contributed by atoms with Gasteiger partial charge in [0.2, 0.25) is 0 Å². The van der Waals surface area contributed by atoms with E-state index in [1.165, 1.54) is 5.56 Å². The SMILES string of the molecule is Cc1cc(CCc2ccccc2)oc(=O)c1C(=O)NCCCc1nn[nH]n1. The number of aromatic nitrogens is 4. The molecule has 2 aromatic heterocycles. The Morgan fingerprint density at radius 3 is 2.70 bits per heavy atom. The van der Waals surface area contributed by atoms with E-state index in [1.54, 1.807) is 13.0 Å². The number of nitrogens with one attached hydrogen (secondary N) is 2. The third-order valence-electron chi connectivity index (χ3n) is 4.18. The molecule has 0 saturated carbocycles. The first-order chi connectivity index (χ1) is 13.1. The zero-order valence-corrected chi connectivity index (χ0v) is 15.1. The lowest BCUT2D eigenvalue weighted by molar-refractivity contribution is 0.0948. The monoisotopic (exact) mass is 367 g/mol. The van der Waals surface area contributed by atoms with E-state index in [0.717, 1.165) is 6.42 Å². The number of tetrazole rings is 1. The van der Waals surface area contributed by atoms with Crippen molar-refractivity contribution in [1.82, 2.24) is 25.9 Å². The molecule has 2 N–H and O–H groups in total. The summed E-state index contributed by atoms with van der Waals surface area (Å²) in [7, 11) is 0. The van der Waals surface area contributed by atoms with Crippen LogP contribution in [-0.2, 0) is 19.3 Å². The van der Waals surface area contributed by atoms with E-state index in [0.29, 0.717) is 43.0 Å². The van der Waals surface area contributed by atoms with Crippen LogP contribution >= 0.6 is 0 Å². The Morgan fingerprint density at radius 1 is 1.19 bits per heavy atom. The quantitative estimate of drug-likeness (QED) is 0.585. The Kier molecular flexibility index (Phi) is 6.09. The average Bonchev–Trinajstić information content (AvgIpc) is 3.17. The second kappa shape index (κ2) is 8.88. The molecule has 0 atom stereocenters. The normalized spacial score (nSPS) is 10.7. The van der Waals surface area contributed by atoms with Crippen molar-refractivity contribution in [2.75, 3.05) is 6.54 Å². The highest BCUT2D eigenvalue weighted by Gasteiger charge is 2.16. The van der Waals surface area contributed by atoms with Gasteiger partial charge in [0.1, 0.15) is 11.3 Å². The fourth-order valence-electron chi connectivity index (χ4n) is 2.81. The van der Waals surface area contributed by atoms with E-state index >= 15 is 0 Å². The number of hydrogen-bond donors (Lipinski definition) is 2. The van der Waals surface area contributed by atoms with Crippen molar-refractivity contribution in [3.8, 4) is 0 Å². The zero-order valence-electron chi connectivity index (χ0n) is 15.1. The number of carbonyl (C=O) groups is 1. The standard InChI is InChI=1S/C19H21N5O3/c1-13-12-15(10-9-14-6-3-2-4-7-14)27-19(26)17(13)18(25)20-11-5-8-16-21-23-24-22-16/h2-4,6-7,12H,5,8-11H2,1H3,(H,20,25)(H,21,22,23,24). The average molecular weight is 367 g/mol. The minimum atomic E-state index is -0.603. The Morgan fingerprint density at radius 2 is 2.00 bits per heavy atom. The molecule has 0 unspecified atom stereocenters. The molecule has 3 rings (SSSR count). The van der Waals surface area contributed by atoms with Crippen LogP contribution in [0.5, 0.6) is 0 Å². The molecule has 0 fully saturated rings. The molecule has 0 spiro atoms. The molecule has 0 aliphatic carbocycles. The molecule has 0 bridgehead atoms. The van der Waals surface area contributed by atoms with Crippen LogP contribution in [0, 0.1) is 6.92 Å². The van der Waals surface area contributed by atoms with Gasteiger partial charge in [-0.15, -0.1) is 10.2 Å². The Bertz CT molecular complexity index is 936. The maximum Gasteiger partial charge on any atom is 0.349 e. The predicted octanol–water partition coefficient (Wildman–Crippen LogP) is 1.61. The van der Waals surface area contributed by atoms with Gasteiger partial charge >= 0.3 is 5.63 Å². The number of aromatic amines is 1. The van der Waals surface area contributed by atoms with Crippen LogP contribution in [0.3, 0.4) is 0 Å². The first-order valence-electron chi connectivity index (χ1n) is 8.81. The number of nitrogens with zero attached hydrogens (tertiary/aromatic N) is 3. The van der Waals surface area contributed by atoms with Crippen LogP contribution < -0.4 is 10.9 Å². The molecule has 27 heavy (non-hydrogen) atoms. The van der Waals surface area contributed by atoms with Gasteiger partial charge in [0, 0.05) is 19.4 Å². The van der Waals surface area contributed by atoms with Crippen molar-refractivity contribution in [3.63, 3.8) is 0 Å². The van der Waals surface area contributed by atoms with Gasteiger partial charge in [0.25, 0.3) is 5.91 Å². The fraction of sp³-hybridized carbons (Fsp3) is 0.316. The third kappa shape index (κ3) is 5.10. The largest absolute Gasteiger partial charge is 0.427 e. The summed E-state index contributed by atoms with van der Waals surface area (Å²) < 4.78 is 5.35. The summed E-state index contributed by atoms with van der Waals surface area (Å²) >= 11 is 0. The lowest BCUT2D eigenvalue weighted by Gasteiger charge is -2.08. The molecule has 8 heteroatoms. The number of aryl methyl sites for hydroxylation is 4. The number of benzene rings is 1. The minimum absolute atomic E-state index is 0.0537. The lowest BCUT2D eigenvalue weighted by atomic mass is 10.1. The zero-order chi connectivity index (χ0) is 19.1. The topological polar surface area (TPSA) is 114 Å². The maximum absolute atomic E-state index is 12.3. The van der Waals surface area contributed by atoms with Crippen LogP contribution in [-0.4, -0.2) is 33.1 Å². The maximum atomic E-state index is 12.3. The summed E-state index contributed by atoms with van der Waals surface area (Å²) in [5.41, 5.74) is 1.23. The van der Waals surface area contributed by atoms with Gasteiger partial charge in [0.05, 0.1) is 0 Å². The second-order valence-corrected chi connectivity index (χ2v) is 6.23. The number of H-pyrrole nitrogens is 1. The van der Waals surface area contributed by atoms with E-state index in [1.807, 2.05) is 30.3 Å². The summed E-state index contributed by atoms with van der Waals surface area (Å²) in [5.74, 6) is 0.738. The molecule has 1 amide bonds. The summed E-state index contributed by atoms with van der Waals surface area (Å²) in [5, 5.41) is 16.3. The predicted molar refractivity (Wildman–Crippen MR) is 98.4 cm³/mol. The van der Waals surface area contributed by atoms with Crippen molar-refractivity contribution in [2.45, 2.75) is 32.6 Å². The highest BCUT2D eigenvalue weighted by molar-refractivity contribution is 5.95. The van der Waals surface area contributed by atoms with Crippen LogP contribution in [0.2, 0.25) is 0 Å². The molecule has 0 aliphatic rings. The number of rotatable bonds is 8. The fourth-order valence-corrected chi connectivity index (χ4v) is 2.81. The Balaban J connectivity index is 1.56. The van der Waals surface area contributed by atoms with Gasteiger partial charge in [-0.2, -0.15) is 5.21 Å². The lowest BCUT2D eigenvalue weighted by Crippen LogP contribution is -2.30. The molecular formula is C19H21N5O3. The molecule has 1 aromatic carbocycles. The Labute approximate surface area is 156 Å². The van der Waals surface area contributed by atoms with Crippen LogP contribution in [0.4, 0.5) is 0 Å². The van der Waals surface area contributed by atoms with Crippen LogP contribution in [0.1, 0.15) is 39.5 Å². The first kappa shape index (κ1) is 18.5. The van der Waals surface area contributed by atoms with E-state index in [2.05, 4.69) is 25.9 Å². The molecule has 2 heterocycles. The number of carbonyl (C=O) groups excluding carboxylic acids is 1. The second-order valence-electron chi connectivity index (χ2n) is 6.23. The summed E-state index contributed by atoms with van der Waals surface area (Å²) in [6.45, 7) is 2.15.